The minimum Gasteiger partial charge on any atom is -0.192 e. The van der Waals surface area contributed by atoms with Gasteiger partial charge >= 0.3 is 0 Å². The summed E-state index contributed by atoms with van der Waals surface area (Å²) in [7, 11) is 0. The van der Waals surface area contributed by atoms with Crippen molar-refractivity contribution >= 4 is 34.8 Å². The summed E-state index contributed by atoms with van der Waals surface area (Å²) in [5, 5.41) is 10.0. The van der Waals surface area contributed by atoms with Gasteiger partial charge in [0.05, 0.1) is 20.6 Å². The Balaban J connectivity index is 3.76. The molecule has 0 aliphatic heterocycles. The third-order valence-corrected chi connectivity index (χ3v) is 3.74. The molecule has 0 saturated heterocycles. The molecule has 16 heavy (non-hydrogen) atoms. The highest BCUT2D eigenvalue weighted by molar-refractivity contribution is 6.45. The molecule has 1 nitrogen and oxygen atoms in total. The van der Waals surface area contributed by atoms with Gasteiger partial charge in [-0.1, -0.05) is 55.6 Å². The molecule has 0 spiro atoms. The fourth-order valence-electron chi connectivity index (χ4n) is 1.77. The molecule has 0 atom stereocenters. The van der Waals surface area contributed by atoms with Crippen LogP contribution in [0.1, 0.15) is 37.5 Å². The normalized spacial score (nSPS) is 11.4. The minimum atomic E-state index is -0.164. The lowest BCUT2D eigenvalue weighted by Crippen LogP contribution is -2.15. The molecule has 0 heterocycles. The highest BCUT2D eigenvalue weighted by Crippen LogP contribution is 2.42. The Morgan fingerprint density at radius 1 is 1.00 bits per heavy atom. The van der Waals surface area contributed by atoms with Crippen molar-refractivity contribution in [1.29, 1.82) is 5.26 Å². The summed E-state index contributed by atoms with van der Waals surface area (Å²) in [4.78, 5) is 0. The second-order valence-corrected chi connectivity index (χ2v) is 5.81. The smallest absolute Gasteiger partial charge is 0.102 e. The van der Waals surface area contributed by atoms with Crippen LogP contribution in [-0.2, 0) is 5.41 Å². The van der Waals surface area contributed by atoms with E-state index in [0.29, 0.717) is 10.0 Å². The number of halogens is 3. The van der Waals surface area contributed by atoms with Crippen LogP contribution in [0.2, 0.25) is 15.1 Å². The standard InChI is InChI=1S/C12H12Cl3N/c1-6-8(12(2,3)4)11(15)10(14)7(5-16)9(6)13/h1-4H3. The molecule has 86 valence electrons. The Hall–Kier alpha value is -0.420. The van der Waals surface area contributed by atoms with Gasteiger partial charge in [-0.2, -0.15) is 5.26 Å². The van der Waals surface area contributed by atoms with Crippen molar-refractivity contribution < 1.29 is 0 Å². The van der Waals surface area contributed by atoms with Crippen LogP contribution in [-0.4, -0.2) is 0 Å². The maximum Gasteiger partial charge on any atom is 0.102 e. The predicted molar refractivity (Wildman–Crippen MR) is 69.6 cm³/mol. The van der Waals surface area contributed by atoms with E-state index in [0.717, 1.165) is 11.1 Å². The minimum absolute atomic E-state index is 0.164. The van der Waals surface area contributed by atoms with Crippen LogP contribution in [0.4, 0.5) is 0 Å². The van der Waals surface area contributed by atoms with Crippen LogP contribution in [0, 0.1) is 18.3 Å². The third-order valence-electron chi connectivity index (χ3n) is 2.42. The molecule has 0 bridgehead atoms. The molecular formula is C12H12Cl3N. The highest BCUT2D eigenvalue weighted by atomic mass is 35.5. The van der Waals surface area contributed by atoms with Crippen LogP contribution < -0.4 is 0 Å². The van der Waals surface area contributed by atoms with Gasteiger partial charge in [0.2, 0.25) is 0 Å². The fourth-order valence-corrected chi connectivity index (χ4v) is 2.80. The van der Waals surface area contributed by atoms with Crippen LogP contribution in [0.25, 0.3) is 0 Å². The average Bonchev–Trinajstić information content (AvgIpc) is 2.14. The third kappa shape index (κ3) is 2.15. The molecule has 0 amide bonds. The van der Waals surface area contributed by atoms with E-state index in [1.165, 1.54) is 0 Å². The van der Waals surface area contributed by atoms with Gasteiger partial charge in [-0.05, 0) is 23.5 Å². The summed E-state index contributed by atoms with van der Waals surface area (Å²) in [6.07, 6.45) is 0. The van der Waals surface area contributed by atoms with Crippen LogP contribution in [0.3, 0.4) is 0 Å². The van der Waals surface area contributed by atoms with Crippen molar-refractivity contribution in [3.05, 3.63) is 31.8 Å². The predicted octanol–water partition coefficient (Wildman–Crippen LogP) is 5.12. The van der Waals surface area contributed by atoms with Gasteiger partial charge in [0.15, 0.2) is 0 Å². The SMILES string of the molecule is Cc1c(Cl)c(C#N)c(Cl)c(Cl)c1C(C)(C)C. The zero-order valence-electron chi connectivity index (χ0n) is 9.58. The first-order valence-electron chi connectivity index (χ1n) is 4.79. The molecule has 0 aromatic heterocycles. The molecule has 0 N–H and O–H groups in total. The van der Waals surface area contributed by atoms with E-state index in [1.807, 2.05) is 33.8 Å². The number of hydrogen-bond acceptors (Lipinski definition) is 1. The average molecular weight is 277 g/mol. The molecule has 0 aliphatic carbocycles. The summed E-state index contributed by atoms with van der Waals surface area (Å²) < 4.78 is 0. The van der Waals surface area contributed by atoms with Gasteiger partial charge in [-0.15, -0.1) is 0 Å². The number of nitrogens with zero attached hydrogens (tertiary/aromatic N) is 1. The van der Waals surface area contributed by atoms with Crippen LogP contribution in [0.5, 0.6) is 0 Å². The van der Waals surface area contributed by atoms with Crippen molar-refractivity contribution in [1.82, 2.24) is 0 Å². The van der Waals surface area contributed by atoms with Gasteiger partial charge in [-0.25, -0.2) is 0 Å². The van der Waals surface area contributed by atoms with E-state index in [4.69, 9.17) is 40.1 Å². The van der Waals surface area contributed by atoms with E-state index in [2.05, 4.69) is 0 Å². The molecule has 0 saturated carbocycles. The highest BCUT2D eigenvalue weighted by Gasteiger charge is 2.26. The first-order chi connectivity index (χ1) is 7.21. The molecule has 0 aliphatic rings. The van der Waals surface area contributed by atoms with Crippen molar-refractivity contribution in [2.45, 2.75) is 33.1 Å². The molecule has 0 radical (unpaired) electrons. The number of rotatable bonds is 0. The van der Waals surface area contributed by atoms with Gasteiger partial charge in [0.25, 0.3) is 0 Å². The van der Waals surface area contributed by atoms with Gasteiger partial charge < -0.3 is 0 Å². The van der Waals surface area contributed by atoms with E-state index >= 15 is 0 Å². The summed E-state index contributed by atoms with van der Waals surface area (Å²) in [5.41, 5.74) is 1.80. The lowest BCUT2D eigenvalue weighted by atomic mass is 9.83. The number of nitriles is 1. The summed E-state index contributed by atoms with van der Waals surface area (Å²) in [6.45, 7) is 7.94. The Morgan fingerprint density at radius 3 is 1.88 bits per heavy atom. The quantitative estimate of drug-likeness (QED) is 0.603. The monoisotopic (exact) mass is 275 g/mol. The Bertz CT molecular complexity index is 450. The molecule has 1 rings (SSSR count). The van der Waals surface area contributed by atoms with E-state index < -0.39 is 0 Å². The van der Waals surface area contributed by atoms with Crippen LogP contribution >= 0.6 is 34.8 Å². The first-order valence-corrected chi connectivity index (χ1v) is 5.92. The molecular weight excluding hydrogens is 264 g/mol. The van der Waals surface area contributed by atoms with Gasteiger partial charge in [-0.3, -0.25) is 0 Å². The first kappa shape index (κ1) is 13.6. The lowest BCUT2D eigenvalue weighted by Gasteiger charge is -2.25. The molecule has 4 heteroatoms. The zero-order chi connectivity index (χ0) is 12.7. The second kappa shape index (κ2) is 4.45. The Morgan fingerprint density at radius 2 is 1.50 bits per heavy atom. The van der Waals surface area contributed by atoms with Crippen LogP contribution in [0.15, 0.2) is 0 Å². The maximum absolute atomic E-state index is 8.96. The molecule has 0 fully saturated rings. The van der Waals surface area contributed by atoms with E-state index in [-0.39, 0.29) is 16.0 Å². The van der Waals surface area contributed by atoms with E-state index in [9.17, 15) is 0 Å². The second-order valence-electron chi connectivity index (χ2n) is 4.68. The molecule has 1 aromatic carbocycles. The van der Waals surface area contributed by atoms with Crippen molar-refractivity contribution in [3.8, 4) is 6.07 Å². The maximum atomic E-state index is 8.96. The number of hydrogen-bond donors (Lipinski definition) is 0. The molecule has 0 unspecified atom stereocenters. The van der Waals surface area contributed by atoms with Crippen molar-refractivity contribution in [2.24, 2.45) is 0 Å². The fraction of sp³-hybridized carbons (Fsp3) is 0.417. The summed E-state index contributed by atoms with van der Waals surface area (Å²) in [5.74, 6) is 0. The lowest BCUT2D eigenvalue weighted by molar-refractivity contribution is 0.586. The topological polar surface area (TPSA) is 23.8 Å². The molecule has 1 aromatic rings. The van der Waals surface area contributed by atoms with E-state index in [1.54, 1.807) is 0 Å². The van der Waals surface area contributed by atoms with Crippen molar-refractivity contribution in [3.63, 3.8) is 0 Å². The summed E-state index contributed by atoms with van der Waals surface area (Å²) >= 11 is 18.4. The zero-order valence-corrected chi connectivity index (χ0v) is 11.8. The van der Waals surface area contributed by atoms with Gasteiger partial charge in [0, 0.05) is 0 Å². The Labute approximate surface area is 111 Å². The largest absolute Gasteiger partial charge is 0.192 e. The number of benzene rings is 1. The summed E-state index contributed by atoms with van der Waals surface area (Å²) in [6, 6.07) is 1.98. The van der Waals surface area contributed by atoms with Gasteiger partial charge in [0.1, 0.15) is 6.07 Å². The Kier molecular flexibility index (Phi) is 3.80. The van der Waals surface area contributed by atoms with Crippen molar-refractivity contribution in [2.75, 3.05) is 0 Å².